The summed E-state index contributed by atoms with van der Waals surface area (Å²) in [6.07, 6.45) is 0. The molecular formula is C11H8F3NO3S2. The zero-order valence-corrected chi connectivity index (χ0v) is 11.4. The van der Waals surface area contributed by atoms with Crippen molar-refractivity contribution in [1.82, 2.24) is 0 Å². The van der Waals surface area contributed by atoms with E-state index in [1.165, 1.54) is 11.4 Å². The molecule has 0 aliphatic rings. The molecule has 0 amide bonds. The van der Waals surface area contributed by atoms with Crippen molar-refractivity contribution in [3.63, 3.8) is 0 Å². The largest absolute Gasteiger partial charge is 0.391 e. The zero-order valence-electron chi connectivity index (χ0n) is 9.73. The van der Waals surface area contributed by atoms with E-state index in [9.17, 15) is 21.6 Å². The van der Waals surface area contributed by atoms with Gasteiger partial charge in [0.05, 0.1) is 17.2 Å². The van der Waals surface area contributed by atoms with Crippen molar-refractivity contribution in [2.75, 3.05) is 4.72 Å². The Kier molecular flexibility index (Phi) is 4.02. The monoisotopic (exact) mass is 323 g/mol. The van der Waals surface area contributed by atoms with Gasteiger partial charge in [-0.2, -0.15) is 0 Å². The van der Waals surface area contributed by atoms with Crippen molar-refractivity contribution in [2.24, 2.45) is 0 Å². The van der Waals surface area contributed by atoms with Crippen LogP contribution in [-0.2, 0) is 16.6 Å². The van der Waals surface area contributed by atoms with Crippen molar-refractivity contribution >= 4 is 27.0 Å². The smallest absolute Gasteiger partial charge is 0.262 e. The summed E-state index contributed by atoms with van der Waals surface area (Å²) in [5.41, 5.74) is -0.694. The standard InChI is InChI=1S/C11H8F3NO3S2/c12-8-1-2-9(11(14)10(8)13)15-20(17,18)7-3-6(4-16)19-5-7/h1-3,5,15-16H,4H2. The molecule has 0 spiro atoms. The Hall–Kier alpha value is -1.58. The summed E-state index contributed by atoms with van der Waals surface area (Å²) in [6.45, 7) is -0.334. The van der Waals surface area contributed by atoms with E-state index < -0.39 is 33.2 Å². The Labute approximate surface area is 116 Å². The molecule has 1 aromatic carbocycles. The summed E-state index contributed by atoms with van der Waals surface area (Å²) in [6, 6.07) is 2.60. The van der Waals surface area contributed by atoms with Gasteiger partial charge in [0.1, 0.15) is 0 Å². The molecule has 0 radical (unpaired) electrons. The molecule has 9 heteroatoms. The maximum Gasteiger partial charge on any atom is 0.262 e. The number of hydrogen-bond donors (Lipinski definition) is 2. The number of nitrogens with one attached hydrogen (secondary N) is 1. The van der Waals surface area contributed by atoms with Gasteiger partial charge in [-0.25, -0.2) is 21.6 Å². The first-order valence-electron chi connectivity index (χ1n) is 5.19. The predicted molar refractivity (Wildman–Crippen MR) is 67.4 cm³/mol. The maximum atomic E-state index is 13.4. The molecular weight excluding hydrogens is 315 g/mol. The highest BCUT2D eigenvalue weighted by Gasteiger charge is 2.21. The Bertz CT molecular complexity index is 743. The lowest BCUT2D eigenvalue weighted by Gasteiger charge is -2.08. The molecule has 0 aliphatic heterocycles. The minimum absolute atomic E-state index is 0.198. The first-order chi connectivity index (χ1) is 9.35. The molecule has 0 unspecified atom stereocenters. The number of thiophene rings is 1. The molecule has 0 aliphatic carbocycles. The van der Waals surface area contributed by atoms with Crippen LogP contribution in [0.3, 0.4) is 0 Å². The fraction of sp³-hybridized carbons (Fsp3) is 0.0909. The number of hydrogen-bond acceptors (Lipinski definition) is 4. The highest BCUT2D eigenvalue weighted by atomic mass is 32.2. The number of sulfonamides is 1. The molecule has 0 bridgehead atoms. The molecule has 0 saturated heterocycles. The van der Waals surface area contributed by atoms with Gasteiger partial charge in [-0.15, -0.1) is 11.3 Å². The molecule has 2 rings (SSSR count). The van der Waals surface area contributed by atoms with Gasteiger partial charge in [-0.05, 0) is 18.2 Å². The van der Waals surface area contributed by atoms with E-state index in [0.29, 0.717) is 10.9 Å². The molecule has 2 aromatic rings. The predicted octanol–water partition coefficient (Wildman–Crippen LogP) is 2.46. The van der Waals surface area contributed by atoms with Crippen LogP contribution >= 0.6 is 11.3 Å². The van der Waals surface area contributed by atoms with Crippen LogP contribution in [0.1, 0.15) is 4.88 Å². The van der Waals surface area contributed by atoms with Crippen molar-refractivity contribution < 1.29 is 26.7 Å². The number of anilines is 1. The first-order valence-corrected chi connectivity index (χ1v) is 7.56. The molecule has 0 saturated carbocycles. The zero-order chi connectivity index (χ0) is 14.9. The van der Waals surface area contributed by atoms with Crippen LogP contribution in [0, 0.1) is 17.5 Å². The van der Waals surface area contributed by atoms with Crippen molar-refractivity contribution in [2.45, 2.75) is 11.5 Å². The Balaban J connectivity index is 2.36. The van der Waals surface area contributed by atoms with Crippen molar-refractivity contribution in [3.8, 4) is 0 Å². The van der Waals surface area contributed by atoms with E-state index in [4.69, 9.17) is 5.11 Å². The fourth-order valence-electron chi connectivity index (χ4n) is 1.39. The van der Waals surface area contributed by atoms with Gasteiger partial charge in [-0.1, -0.05) is 0 Å². The topological polar surface area (TPSA) is 66.4 Å². The first kappa shape index (κ1) is 14.8. The van der Waals surface area contributed by atoms with Gasteiger partial charge < -0.3 is 5.11 Å². The number of aliphatic hydroxyl groups is 1. The van der Waals surface area contributed by atoms with Crippen LogP contribution in [0.5, 0.6) is 0 Å². The highest BCUT2D eigenvalue weighted by Crippen LogP contribution is 2.25. The van der Waals surface area contributed by atoms with Crippen molar-refractivity contribution in [3.05, 3.63) is 45.9 Å². The summed E-state index contributed by atoms with van der Waals surface area (Å²) < 4.78 is 64.8. The van der Waals surface area contributed by atoms with Gasteiger partial charge in [-0.3, -0.25) is 4.72 Å². The van der Waals surface area contributed by atoms with E-state index >= 15 is 0 Å². The Morgan fingerprint density at radius 3 is 2.50 bits per heavy atom. The van der Waals surface area contributed by atoms with Gasteiger partial charge in [0.25, 0.3) is 10.0 Å². The van der Waals surface area contributed by atoms with E-state index in [2.05, 4.69) is 0 Å². The quantitative estimate of drug-likeness (QED) is 0.850. The maximum absolute atomic E-state index is 13.4. The SMILES string of the molecule is O=S(=O)(Nc1ccc(F)c(F)c1F)c1csc(CO)c1. The molecule has 2 N–H and O–H groups in total. The van der Waals surface area contributed by atoms with Gasteiger partial charge in [0, 0.05) is 10.3 Å². The lowest BCUT2D eigenvalue weighted by Crippen LogP contribution is -2.14. The second kappa shape index (κ2) is 5.43. The summed E-state index contributed by atoms with van der Waals surface area (Å²) >= 11 is 1.000. The second-order valence-electron chi connectivity index (χ2n) is 3.74. The molecule has 108 valence electrons. The minimum Gasteiger partial charge on any atom is -0.391 e. The Morgan fingerprint density at radius 2 is 1.90 bits per heavy atom. The highest BCUT2D eigenvalue weighted by molar-refractivity contribution is 7.92. The average molecular weight is 323 g/mol. The van der Waals surface area contributed by atoms with Crippen LogP contribution in [0.4, 0.5) is 18.9 Å². The summed E-state index contributed by atoms with van der Waals surface area (Å²) in [7, 11) is -4.13. The summed E-state index contributed by atoms with van der Waals surface area (Å²) in [5.74, 6) is -4.79. The number of benzene rings is 1. The molecule has 1 aromatic heterocycles. The van der Waals surface area contributed by atoms with Gasteiger partial charge >= 0.3 is 0 Å². The third-order valence-electron chi connectivity index (χ3n) is 2.38. The van der Waals surface area contributed by atoms with Crippen LogP contribution in [0.15, 0.2) is 28.5 Å². The molecule has 0 atom stereocenters. The van der Waals surface area contributed by atoms with Crippen LogP contribution in [-0.4, -0.2) is 13.5 Å². The lowest BCUT2D eigenvalue weighted by molar-refractivity contribution is 0.285. The normalized spacial score (nSPS) is 11.6. The van der Waals surface area contributed by atoms with E-state index in [-0.39, 0.29) is 11.5 Å². The van der Waals surface area contributed by atoms with Crippen molar-refractivity contribution in [1.29, 1.82) is 0 Å². The molecule has 4 nitrogen and oxygen atoms in total. The third kappa shape index (κ3) is 2.79. The van der Waals surface area contributed by atoms with Gasteiger partial charge in [0.2, 0.25) is 0 Å². The van der Waals surface area contributed by atoms with E-state index in [1.807, 2.05) is 4.72 Å². The number of rotatable bonds is 4. The number of halogens is 3. The average Bonchev–Trinajstić information content (AvgIpc) is 2.89. The van der Waals surface area contributed by atoms with Crippen LogP contribution in [0.2, 0.25) is 0 Å². The minimum atomic E-state index is -4.13. The molecule has 0 fully saturated rings. The summed E-state index contributed by atoms with van der Waals surface area (Å²) in [4.78, 5) is 0.201. The number of aliphatic hydroxyl groups excluding tert-OH is 1. The second-order valence-corrected chi connectivity index (χ2v) is 6.41. The van der Waals surface area contributed by atoms with Crippen LogP contribution < -0.4 is 4.72 Å². The van der Waals surface area contributed by atoms with Gasteiger partial charge in [0.15, 0.2) is 17.5 Å². The third-order valence-corrected chi connectivity index (χ3v) is 4.79. The van der Waals surface area contributed by atoms with E-state index in [1.54, 1.807) is 0 Å². The van der Waals surface area contributed by atoms with Crippen LogP contribution in [0.25, 0.3) is 0 Å². The lowest BCUT2D eigenvalue weighted by atomic mass is 10.3. The fourth-order valence-corrected chi connectivity index (χ4v) is 3.59. The van der Waals surface area contributed by atoms with E-state index in [0.717, 1.165) is 17.4 Å². The molecule has 20 heavy (non-hydrogen) atoms. The Morgan fingerprint density at radius 1 is 1.20 bits per heavy atom. The summed E-state index contributed by atoms with van der Waals surface area (Å²) in [5, 5.41) is 10.1. The molecule has 1 heterocycles.